The van der Waals surface area contributed by atoms with Crippen molar-refractivity contribution in [2.75, 3.05) is 0 Å². The lowest BCUT2D eigenvalue weighted by molar-refractivity contribution is -0.125. The molecule has 2 nitrogen and oxygen atoms in total. The van der Waals surface area contributed by atoms with Gasteiger partial charge in [-0.1, -0.05) is 52.0 Å². The van der Waals surface area contributed by atoms with Gasteiger partial charge in [-0.05, 0) is 29.4 Å². The van der Waals surface area contributed by atoms with Crippen molar-refractivity contribution in [3.05, 3.63) is 35.4 Å². The lowest BCUT2D eigenvalue weighted by Gasteiger charge is -2.25. The zero-order valence-electron chi connectivity index (χ0n) is 11.7. The molecule has 0 aromatic heterocycles. The van der Waals surface area contributed by atoms with E-state index in [0.29, 0.717) is 11.8 Å². The Bertz CT molecular complexity index is 436. The fourth-order valence-electron chi connectivity index (χ4n) is 2.75. The number of hydrogen-bond acceptors (Lipinski definition) is 1. The Morgan fingerprint density at radius 3 is 2.50 bits per heavy atom. The van der Waals surface area contributed by atoms with Crippen molar-refractivity contribution in [1.82, 2.24) is 5.32 Å². The Kier molecular flexibility index (Phi) is 3.74. The molecule has 0 spiro atoms. The van der Waals surface area contributed by atoms with E-state index in [4.69, 9.17) is 0 Å². The minimum atomic E-state index is 0.0468. The summed E-state index contributed by atoms with van der Waals surface area (Å²) in [5.74, 6) is 1.30. The maximum absolute atomic E-state index is 12.0. The summed E-state index contributed by atoms with van der Waals surface area (Å²) < 4.78 is 0. The normalized spacial score (nSPS) is 22.3. The van der Waals surface area contributed by atoms with E-state index in [1.807, 2.05) is 13.8 Å². The molecule has 98 valence electrons. The predicted octanol–water partition coefficient (Wildman–Crippen LogP) is 3.33. The molecule has 1 aromatic carbocycles. The molecule has 1 aromatic rings. The summed E-state index contributed by atoms with van der Waals surface area (Å²) in [5, 5.41) is 3.23. The molecular weight excluding hydrogens is 222 g/mol. The van der Waals surface area contributed by atoms with Gasteiger partial charge in [0.25, 0.3) is 0 Å². The molecule has 0 radical (unpaired) electrons. The minimum absolute atomic E-state index is 0.0468. The van der Waals surface area contributed by atoms with E-state index in [2.05, 4.69) is 43.4 Å². The molecule has 0 saturated carbocycles. The van der Waals surface area contributed by atoms with Crippen molar-refractivity contribution in [3.63, 3.8) is 0 Å². The van der Waals surface area contributed by atoms with E-state index in [9.17, 15) is 4.79 Å². The zero-order valence-corrected chi connectivity index (χ0v) is 11.7. The Morgan fingerprint density at radius 2 is 1.89 bits per heavy atom. The van der Waals surface area contributed by atoms with Gasteiger partial charge >= 0.3 is 0 Å². The molecule has 1 N–H and O–H groups in total. The van der Waals surface area contributed by atoms with Crippen molar-refractivity contribution < 1.29 is 4.79 Å². The number of carbonyl (C=O) groups excluding carboxylic acids is 1. The quantitative estimate of drug-likeness (QED) is 0.869. The van der Waals surface area contributed by atoms with Crippen LogP contribution >= 0.6 is 0 Å². The lowest BCUT2D eigenvalue weighted by atomic mass is 9.89. The second-order valence-electron chi connectivity index (χ2n) is 5.95. The second-order valence-corrected chi connectivity index (χ2v) is 5.95. The van der Waals surface area contributed by atoms with Gasteiger partial charge in [-0.3, -0.25) is 4.79 Å². The predicted molar refractivity (Wildman–Crippen MR) is 74.2 cm³/mol. The molecule has 0 bridgehead atoms. The van der Waals surface area contributed by atoms with Crippen LogP contribution in [-0.4, -0.2) is 5.91 Å². The van der Waals surface area contributed by atoms with E-state index in [1.165, 1.54) is 11.1 Å². The number of benzene rings is 1. The highest BCUT2D eigenvalue weighted by atomic mass is 16.1. The van der Waals surface area contributed by atoms with Gasteiger partial charge in [0.05, 0.1) is 6.04 Å². The van der Waals surface area contributed by atoms with E-state index < -0.39 is 0 Å². The molecule has 0 aliphatic heterocycles. The van der Waals surface area contributed by atoms with E-state index >= 15 is 0 Å². The summed E-state index contributed by atoms with van der Waals surface area (Å²) in [6.07, 6.45) is 1.08. The van der Waals surface area contributed by atoms with Gasteiger partial charge in [0.1, 0.15) is 0 Å². The minimum Gasteiger partial charge on any atom is -0.349 e. The fraction of sp³-hybridized carbons (Fsp3) is 0.562. The Labute approximate surface area is 110 Å². The molecule has 1 unspecified atom stereocenters. The molecule has 2 heteroatoms. The number of carbonyl (C=O) groups is 1. The maximum Gasteiger partial charge on any atom is 0.223 e. The molecule has 0 saturated heterocycles. The van der Waals surface area contributed by atoms with Crippen LogP contribution in [0.25, 0.3) is 0 Å². The highest BCUT2D eigenvalue weighted by Gasteiger charge is 2.35. The van der Waals surface area contributed by atoms with Crippen molar-refractivity contribution >= 4 is 5.91 Å². The monoisotopic (exact) mass is 245 g/mol. The first-order chi connectivity index (χ1) is 8.50. The van der Waals surface area contributed by atoms with Crippen LogP contribution in [0.4, 0.5) is 0 Å². The summed E-state index contributed by atoms with van der Waals surface area (Å²) in [5.41, 5.74) is 2.70. The number of rotatable bonds is 3. The van der Waals surface area contributed by atoms with E-state index in [0.717, 1.165) is 6.42 Å². The lowest BCUT2D eigenvalue weighted by Crippen LogP contribution is -2.35. The first kappa shape index (κ1) is 13.1. The molecule has 1 aliphatic rings. The standard InChI is InChI=1S/C16H23NO/c1-10(2)14-9-12-7-5-6-8-13(12)15(14)17-16(18)11(3)4/h5-8,10-11,14-15H,9H2,1-4H3,(H,17,18)/t14-,15?/m0/s1. The van der Waals surface area contributed by atoms with Gasteiger partial charge in [-0.2, -0.15) is 0 Å². The van der Waals surface area contributed by atoms with Gasteiger partial charge < -0.3 is 5.32 Å². The van der Waals surface area contributed by atoms with Crippen LogP contribution in [-0.2, 0) is 11.2 Å². The summed E-state index contributed by atoms with van der Waals surface area (Å²) in [7, 11) is 0. The van der Waals surface area contributed by atoms with Crippen LogP contribution in [0.2, 0.25) is 0 Å². The van der Waals surface area contributed by atoms with Gasteiger partial charge in [0.2, 0.25) is 5.91 Å². The Hall–Kier alpha value is -1.31. The Morgan fingerprint density at radius 1 is 1.22 bits per heavy atom. The molecule has 2 rings (SSSR count). The third-order valence-corrected chi connectivity index (χ3v) is 3.95. The highest BCUT2D eigenvalue weighted by Crippen LogP contribution is 2.40. The van der Waals surface area contributed by atoms with Crippen LogP contribution in [0.3, 0.4) is 0 Å². The van der Waals surface area contributed by atoms with Gasteiger partial charge in [0.15, 0.2) is 0 Å². The van der Waals surface area contributed by atoms with Gasteiger partial charge in [-0.25, -0.2) is 0 Å². The molecular formula is C16H23NO. The second kappa shape index (κ2) is 5.13. The largest absolute Gasteiger partial charge is 0.349 e. The van der Waals surface area contributed by atoms with Gasteiger partial charge in [-0.15, -0.1) is 0 Å². The number of nitrogens with one attached hydrogen (secondary N) is 1. The smallest absolute Gasteiger partial charge is 0.223 e. The molecule has 0 heterocycles. The van der Waals surface area contributed by atoms with Crippen molar-refractivity contribution in [1.29, 1.82) is 0 Å². The van der Waals surface area contributed by atoms with Gasteiger partial charge in [0, 0.05) is 5.92 Å². The third-order valence-electron chi connectivity index (χ3n) is 3.95. The molecule has 1 amide bonds. The Balaban J connectivity index is 2.26. The van der Waals surface area contributed by atoms with E-state index in [1.54, 1.807) is 0 Å². The van der Waals surface area contributed by atoms with Crippen molar-refractivity contribution in [2.45, 2.75) is 40.2 Å². The molecule has 2 atom stereocenters. The summed E-state index contributed by atoms with van der Waals surface area (Å²) in [4.78, 5) is 12.0. The highest BCUT2D eigenvalue weighted by molar-refractivity contribution is 5.78. The van der Waals surface area contributed by atoms with Crippen LogP contribution in [0.5, 0.6) is 0 Å². The first-order valence-corrected chi connectivity index (χ1v) is 6.89. The van der Waals surface area contributed by atoms with Crippen molar-refractivity contribution in [3.8, 4) is 0 Å². The average molecular weight is 245 g/mol. The van der Waals surface area contributed by atoms with Crippen LogP contribution < -0.4 is 5.32 Å². The SMILES string of the molecule is CC(C)C(=O)NC1c2ccccc2C[C@H]1C(C)C. The molecule has 1 aliphatic carbocycles. The third kappa shape index (κ3) is 2.43. The molecule has 0 fully saturated rings. The maximum atomic E-state index is 12.0. The summed E-state index contributed by atoms with van der Waals surface area (Å²) >= 11 is 0. The van der Waals surface area contributed by atoms with Crippen LogP contribution in [0.15, 0.2) is 24.3 Å². The average Bonchev–Trinajstić information content (AvgIpc) is 2.68. The number of amides is 1. The summed E-state index contributed by atoms with van der Waals surface area (Å²) in [6, 6.07) is 8.69. The van der Waals surface area contributed by atoms with Crippen LogP contribution in [0, 0.1) is 17.8 Å². The fourth-order valence-corrected chi connectivity index (χ4v) is 2.75. The zero-order chi connectivity index (χ0) is 13.3. The van der Waals surface area contributed by atoms with Crippen molar-refractivity contribution in [2.24, 2.45) is 17.8 Å². The number of fused-ring (bicyclic) bond motifs is 1. The molecule has 18 heavy (non-hydrogen) atoms. The van der Waals surface area contributed by atoms with Crippen LogP contribution in [0.1, 0.15) is 44.9 Å². The van der Waals surface area contributed by atoms with E-state index in [-0.39, 0.29) is 17.9 Å². The first-order valence-electron chi connectivity index (χ1n) is 6.89. The number of hydrogen-bond donors (Lipinski definition) is 1. The topological polar surface area (TPSA) is 29.1 Å². The summed E-state index contributed by atoms with van der Waals surface area (Å²) in [6.45, 7) is 8.37.